The predicted octanol–water partition coefficient (Wildman–Crippen LogP) is 3.40. The van der Waals surface area contributed by atoms with Gasteiger partial charge in [0, 0.05) is 12.1 Å². The quantitative estimate of drug-likeness (QED) is 0.827. The van der Waals surface area contributed by atoms with Crippen molar-refractivity contribution in [1.82, 2.24) is 0 Å². The topological polar surface area (TPSA) is 36.3 Å². The summed E-state index contributed by atoms with van der Waals surface area (Å²) in [6, 6.07) is 5.91. The molecular formula is C13H17ClN2O. The zero-order valence-corrected chi connectivity index (χ0v) is 11.6. The third kappa shape index (κ3) is 2.65. The molecule has 0 fully saturated rings. The third-order valence-electron chi connectivity index (χ3n) is 2.90. The lowest BCUT2D eigenvalue weighted by Gasteiger charge is -2.32. The van der Waals surface area contributed by atoms with Crippen LogP contribution in [0.2, 0.25) is 5.02 Å². The Morgan fingerprint density at radius 3 is 2.47 bits per heavy atom. The lowest BCUT2D eigenvalue weighted by molar-refractivity contribution is 0.409. The number of rotatable bonds is 3. The van der Waals surface area contributed by atoms with E-state index in [4.69, 9.17) is 21.6 Å². The van der Waals surface area contributed by atoms with Crippen molar-refractivity contribution < 1.29 is 4.74 Å². The molecule has 1 aromatic carbocycles. The molecule has 0 spiro atoms. The summed E-state index contributed by atoms with van der Waals surface area (Å²) in [6.45, 7) is 5.63. The zero-order valence-electron chi connectivity index (χ0n) is 10.8. The van der Waals surface area contributed by atoms with Crippen molar-refractivity contribution in [3.05, 3.63) is 22.7 Å². The van der Waals surface area contributed by atoms with Crippen LogP contribution in [0.4, 0.5) is 5.69 Å². The number of hydrogen-bond donors (Lipinski definition) is 0. The fraction of sp³-hybridized carbons (Fsp3) is 0.462. The van der Waals surface area contributed by atoms with Crippen molar-refractivity contribution in [3.8, 4) is 11.8 Å². The van der Waals surface area contributed by atoms with Crippen LogP contribution < -0.4 is 9.64 Å². The number of nitrogens with zero attached hydrogens (tertiary/aromatic N) is 2. The number of anilines is 1. The van der Waals surface area contributed by atoms with E-state index in [0.717, 1.165) is 17.0 Å². The van der Waals surface area contributed by atoms with E-state index in [9.17, 15) is 0 Å². The molecule has 1 aromatic rings. The molecule has 4 heteroatoms. The molecule has 0 aliphatic carbocycles. The summed E-state index contributed by atoms with van der Waals surface area (Å²) in [5, 5.41) is 9.80. The molecule has 17 heavy (non-hydrogen) atoms. The molecule has 1 rings (SSSR count). The lowest BCUT2D eigenvalue weighted by Crippen LogP contribution is -2.40. The first-order valence-electron chi connectivity index (χ1n) is 5.32. The van der Waals surface area contributed by atoms with E-state index in [1.165, 1.54) is 0 Å². The van der Waals surface area contributed by atoms with Gasteiger partial charge < -0.3 is 9.64 Å². The van der Waals surface area contributed by atoms with Gasteiger partial charge in [0.2, 0.25) is 0 Å². The fourth-order valence-corrected chi connectivity index (χ4v) is 1.87. The average molecular weight is 253 g/mol. The Balaban J connectivity index is 3.36. The fourth-order valence-electron chi connectivity index (χ4n) is 1.60. The molecule has 0 aromatic heterocycles. The molecule has 0 atom stereocenters. The van der Waals surface area contributed by atoms with Crippen molar-refractivity contribution in [2.75, 3.05) is 19.1 Å². The maximum Gasteiger partial charge on any atom is 0.145 e. The van der Waals surface area contributed by atoms with Gasteiger partial charge >= 0.3 is 0 Å². The van der Waals surface area contributed by atoms with Crippen molar-refractivity contribution >= 4 is 17.3 Å². The Morgan fingerprint density at radius 2 is 2.00 bits per heavy atom. The van der Waals surface area contributed by atoms with Gasteiger partial charge in [-0.1, -0.05) is 11.6 Å². The van der Waals surface area contributed by atoms with Crippen molar-refractivity contribution in [2.45, 2.75) is 26.3 Å². The summed E-state index contributed by atoms with van der Waals surface area (Å²) < 4.78 is 5.38. The van der Waals surface area contributed by atoms with Crippen LogP contribution in [0.15, 0.2) is 12.1 Å². The second kappa shape index (κ2) is 4.85. The molecule has 3 nitrogen and oxygen atoms in total. The standard InChI is InChI=1S/C13H17ClN2O/c1-9-6-10(14)7-11(12(9)17-5)16(4)13(2,3)8-15/h6-7H,1-5H3. The average Bonchev–Trinajstić information content (AvgIpc) is 2.27. The number of aryl methyl sites for hydroxylation is 1. The molecule has 92 valence electrons. The van der Waals surface area contributed by atoms with Gasteiger partial charge in [-0.25, -0.2) is 0 Å². The van der Waals surface area contributed by atoms with Crippen LogP contribution in [0.25, 0.3) is 0 Å². The lowest BCUT2D eigenvalue weighted by atomic mass is 10.0. The van der Waals surface area contributed by atoms with E-state index in [-0.39, 0.29) is 0 Å². The van der Waals surface area contributed by atoms with Crippen LogP contribution in [0.1, 0.15) is 19.4 Å². The number of halogens is 1. The zero-order chi connectivity index (χ0) is 13.2. The largest absolute Gasteiger partial charge is 0.494 e. The monoisotopic (exact) mass is 252 g/mol. The molecule has 0 bridgehead atoms. The summed E-state index contributed by atoms with van der Waals surface area (Å²) in [6.07, 6.45) is 0. The number of hydrogen-bond acceptors (Lipinski definition) is 3. The van der Waals surface area contributed by atoms with Gasteiger partial charge in [0.25, 0.3) is 0 Å². The SMILES string of the molecule is COc1c(C)cc(Cl)cc1N(C)C(C)(C)C#N. The van der Waals surface area contributed by atoms with Crippen molar-refractivity contribution in [3.63, 3.8) is 0 Å². The van der Waals surface area contributed by atoms with E-state index < -0.39 is 5.54 Å². The highest BCUT2D eigenvalue weighted by molar-refractivity contribution is 6.31. The Bertz CT molecular complexity index is 463. The number of nitriles is 1. The first kappa shape index (κ1) is 13.7. The van der Waals surface area contributed by atoms with Gasteiger partial charge in [-0.3, -0.25) is 0 Å². The molecule has 0 radical (unpaired) electrons. The number of ether oxygens (including phenoxy) is 1. The maximum atomic E-state index is 9.16. The second-order valence-electron chi connectivity index (χ2n) is 4.50. The first-order chi connectivity index (χ1) is 7.83. The highest BCUT2D eigenvalue weighted by Crippen LogP contribution is 2.36. The van der Waals surface area contributed by atoms with Crippen LogP contribution in [0, 0.1) is 18.3 Å². The van der Waals surface area contributed by atoms with Crippen molar-refractivity contribution in [2.24, 2.45) is 0 Å². The maximum absolute atomic E-state index is 9.16. The van der Waals surface area contributed by atoms with E-state index in [0.29, 0.717) is 5.02 Å². The van der Waals surface area contributed by atoms with Crippen LogP contribution in [0.3, 0.4) is 0 Å². The molecule has 0 aliphatic heterocycles. The van der Waals surface area contributed by atoms with Gasteiger partial charge in [0.1, 0.15) is 11.3 Å². The summed E-state index contributed by atoms with van der Waals surface area (Å²) >= 11 is 6.05. The second-order valence-corrected chi connectivity index (χ2v) is 4.94. The van der Waals surface area contributed by atoms with Crippen LogP contribution in [0.5, 0.6) is 5.75 Å². The summed E-state index contributed by atoms with van der Waals surface area (Å²) in [7, 11) is 3.48. The molecule has 0 heterocycles. The van der Waals surface area contributed by atoms with Crippen LogP contribution in [-0.2, 0) is 0 Å². The molecule has 0 N–H and O–H groups in total. The van der Waals surface area contributed by atoms with E-state index >= 15 is 0 Å². The molecular weight excluding hydrogens is 236 g/mol. The van der Waals surface area contributed by atoms with Gasteiger partial charge in [0.15, 0.2) is 0 Å². The van der Waals surface area contributed by atoms with Gasteiger partial charge in [-0.2, -0.15) is 5.26 Å². The minimum atomic E-state index is -0.621. The minimum Gasteiger partial charge on any atom is -0.494 e. The van der Waals surface area contributed by atoms with E-state index in [1.54, 1.807) is 7.11 Å². The van der Waals surface area contributed by atoms with Gasteiger partial charge in [-0.15, -0.1) is 0 Å². The highest BCUT2D eigenvalue weighted by atomic mass is 35.5. The Kier molecular flexibility index (Phi) is 3.90. The van der Waals surface area contributed by atoms with E-state index in [1.807, 2.05) is 44.9 Å². The number of benzene rings is 1. The molecule has 0 saturated carbocycles. The van der Waals surface area contributed by atoms with Gasteiger partial charge in [0.05, 0.1) is 18.9 Å². The predicted molar refractivity (Wildman–Crippen MR) is 70.8 cm³/mol. The highest BCUT2D eigenvalue weighted by Gasteiger charge is 2.26. The first-order valence-corrected chi connectivity index (χ1v) is 5.70. The Hall–Kier alpha value is -1.40. The van der Waals surface area contributed by atoms with E-state index in [2.05, 4.69) is 6.07 Å². The summed E-state index contributed by atoms with van der Waals surface area (Å²) in [4.78, 5) is 1.87. The summed E-state index contributed by atoms with van der Waals surface area (Å²) in [5.74, 6) is 0.750. The minimum absolute atomic E-state index is 0.621. The normalized spacial score (nSPS) is 10.9. The Morgan fingerprint density at radius 1 is 1.41 bits per heavy atom. The molecule has 0 aliphatic rings. The molecule has 0 saturated heterocycles. The molecule has 0 amide bonds. The van der Waals surface area contributed by atoms with Crippen LogP contribution >= 0.6 is 11.6 Å². The van der Waals surface area contributed by atoms with Gasteiger partial charge in [-0.05, 0) is 38.5 Å². The summed E-state index contributed by atoms with van der Waals surface area (Å²) in [5.41, 5.74) is 1.16. The van der Waals surface area contributed by atoms with Crippen molar-refractivity contribution in [1.29, 1.82) is 5.26 Å². The Labute approximate surface area is 108 Å². The number of methoxy groups -OCH3 is 1. The smallest absolute Gasteiger partial charge is 0.145 e. The third-order valence-corrected chi connectivity index (χ3v) is 3.12. The molecule has 0 unspecified atom stereocenters. The van der Waals surface area contributed by atoms with Crippen LogP contribution in [-0.4, -0.2) is 19.7 Å².